The van der Waals surface area contributed by atoms with Gasteiger partial charge in [0.05, 0.1) is 25.8 Å². The van der Waals surface area contributed by atoms with Gasteiger partial charge in [0.2, 0.25) is 5.85 Å². The maximum Gasteiger partial charge on any atom is 0.201 e. The topological polar surface area (TPSA) is 78.6 Å². The molecular formula is C18H22ClN3O3. The minimum absolute atomic E-state index is 0.00927. The van der Waals surface area contributed by atoms with Crippen molar-refractivity contribution in [2.45, 2.75) is 24.7 Å². The molecule has 7 heteroatoms. The largest absolute Gasteiger partial charge is 0.493 e. The van der Waals surface area contributed by atoms with Crippen LogP contribution in [0, 0.1) is 0 Å². The predicted molar refractivity (Wildman–Crippen MR) is 95.9 cm³/mol. The van der Waals surface area contributed by atoms with Crippen LogP contribution in [-0.4, -0.2) is 31.9 Å². The molecule has 2 heterocycles. The normalized spacial score (nSPS) is 24.1. The van der Waals surface area contributed by atoms with Gasteiger partial charge in [0, 0.05) is 35.5 Å². The first-order chi connectivity index (χ1) is 12.0. The number of nitrogens with one attached hydrogen (secondary N) is 1. The minimum Gasteiger partial charge on any atom is -0.493 e. The molecule has 0 saturated carbocycles. The number of halogens is 1. The summed E-state index contributed by atoms with van der Waals surface area (Å²) in [5.74, 6) is 0.382. The summed E-state index contributed by atoms with van der Waals surface area (Å²) in [6.07, 6.45) is 3.21. The van der Waals surface area contributed by atoms with Gasteiger partial charge in [-0.3, -0.25) is 16.0 Å². The van der Waals surface area contributed by atoms with Crippen molar-refractivity contribution < 1.29 is 14.2 Å². The highest BCUT2D eigenvalue weighted by molar-refractivity contribution is 6.30. The van der Waals surface area contributed by atoms with E-state index in [0.717, 1.165) is 11.3 Å². The zero-order chi connectivity index (χ0) is 18.0. The summed E-state index contributed by atoms with van der Waals surface area (Å²) in [5, 5.41) is 3.87. The van der Waals surface area contributed by atoms with Crippen molar-refractivity contribution in [2.75, 3.05) is 20.8 Å². The van der Waals surface area contributed by atoms with Crippen LogP contribution < -0.4 is 20.5 Å². The third-order valence-corrected chi connectivity index (χ3v) is 4.76. The number of hydrogen-bond acceptors (Lipinski definition) is 6. The third kappa shape index (κ3) is 3.43. The molecule has 1 fully saturated rings. The third-order valence-electron chi connectivity index (χ3n) is 4.55. The molecule has 0 amide bonds. The molecule has 3 atom stereocenters. The van der Waals surface area contributed by atoms with Crippen molar-refractivity contribution in [3.05, 3.63) is 52.8 Å². The SMILES string of the molecule is COc1cccc(C(C)C2COC(N)(c3cncc(Cl)c3)N2)c1OC. The predicted octanol–water partition coefficient (Wildman–Crippen LogP) is 2.61. The Morgan fingerprint density at radius 1 is 1.36 bits per heavy atom. The minimum atomic E-state index is -1.12. The summed E-state index contributed by atoms with van der Waals surface area (Å²) in [6, 6.07) is 7.58. The van der Waals surface area contributed by atoms with Gasteiger partial charge in [0.25, 0.3) is 0 Å². The molecule has 3 unspecified atom stereocenters. The van der Waals surface area contributed by atoms with Gasteiger partial charge in [-0.05, 0) is 12.1 Å². The van der Waals surface area contributed by atoms with Gasteiger partial charge in [0.15, 0.2) is 11.5 Å². The lowest BCUT2D eigenvalue weighted by Crippen LogP contribution is -2.50. The zero-order valence-electron chi connectivity index (χ0n) is 14.5. The number of nitrogens with two attached hydrogens (primary N) is 1. The van der Waals surface area contributed by atoms with Crippen molar-refractivity contribution in [1.29, 1.82) is 0 Å². The number of benzene rings is 1. The van der Waals surface area contributed by atoms with Crippen LogP contribution in [0.25, 0.3) is 0 Å². The van der Waals surface area contributed by atoms with Crippen molar-refractivity contribution in [1.82, 2.24) is 10.3 Å². The number of rotatable bonds is 5. The van der Waals surface area contributed by atoms with Crippen LogP contribution in [0.5, 0.6) is 11.5 Å². The molecule has 0 radical (unpaired) electrons. The Morgan fingerprint density at radius 3 is 2.84 bits per heavy atom. The van der Waals surface area contributed by atoms with Gasteiger partial charge in [0.1, 0.15) is 0 Å². The van der Waals surface area contributed by atoms with Gasteiger partial charge in [-0.1, -0.05) is 30.7 Å². The maximum atomic E-state index is 6.39. The van der Waals surface area contributed by atoms with Gasteiger partial charge in [-0.25, -0.2) is 0 Å². The lowest BCUT2D eigenvalue weighted by Gasteiger charge is -2.27. The number of para-hydroxylation sites is 1. The highest BCUT2D eigenvalue weighted by Gasteiger charge is 2.41. The van der Waals surface area contributed by atoms with Crippen LogP contribution in [0.4, 0.5) is 0 Å². The van der Waals surface area contributed by atoms with Gasteiger partial charge >= 0.3 is 0 Å². The molecule has 2 aromatic rings. The number of hydrogen-bond donors (Lipinski definition) is 2. The molecule has 3 N–H and O–H groups in total. The molecule has 3 rings (SSSR count). The first-order valence-corrected chi connectivity index (χ1v) is 8.38. The van der Waals surface area contributed by atoms with Crippen LogP contribution in [0.3, 0.4) is 0 Å². The second kappa shape index (κ2) is 7.17. The van der Waals surface area contributed by atoms with E-state index in [1.54, 1.807) is 32.7 Å². The van der Waals surface area contributed by atoms with Crippen LogP contribution in [-0.2, 0) is 10.6 Å². The Kier molecular flexibility index (Phi) is 5.15. The highest BCUT2D eigenvalue weighted by Crippen LogP contribution is 2.38. The fraction of sp³-hybridized carbons (Fsp3) is 0.389. The van der Waals surface area contributed by atoms with Crippen molar-refractivity contribution in [2.24, 2.45) is 5.73 Å². The Balaban J connectivity index is 1.85. The van der Waals surface area contributed by atoms with Crippen LogP contribution in [0.2, 0.25) is 5.02 Å². The monoisotopic (exact) mass is 363 g/mol. The molecule has 6 nitrogen and oxygen atoms in total. The summed E-state index contributed by atoms with van der Waals surface area (Å²) in [6.45, 7) is 2.55. The summed E-state index contributed by atoms with van der Waals surface area (Å²) in [7, 11) is 3.26. The van der Waals surface area contributed by atoms with E-state index in [1.165, 1.54) is 0 Å². The van der Waals surface area contributed by atoms with Crippen LogP contribution in [0.15, 0.2) is 36.7 Å². The number of pyridine rings is 1. The zero-order valence-corrected chi connectivity index (χ0v) is 15.2. The molecule has 0 spiro atoms. The molecule has 1 aliphatic rings. The van der Waals surface area contributed by atoms with E-state index in [0.29, 0.717) is 22.9 Å². The number of methoxy groups -OCH3 is 2. The smallest absolute Gasteiger partial charge is 0.201 e. The van der Waals surface area contributed by atoms with E-state index in [2.05, 4.69) is 17.2 Å². The lowest BCUT2D eigenvalue weighted by atomic mass is 9.92. The molecule has 1 saturated heterocycles. The van der Waals surface area contributed by atoms with Gasteiger partial charge in [-0.15, -0.1) is 0 Å². The Hall–Kier alpha value is -1.86. The van der Waals surface area contributed by atoms with Crippen LogP contribution in [0.1, 0.15) is 24.0 Å². The number of ether oxygens (including phenoxy) is 3. The highest BCUT2D eigenvalue weighted by atomic mass is 35.5. The van der Waals surface area contributed by atoms with Gasteiger partial charge in [-0.2, -0.15) is 0 Å². The van der Waals surface area contributed by atoms with Crippen molar-refractivity contribution >= 4 is 11.6 Å². The molecule has 1 aromatic heterocycles. The molecule has 0 bridgehead atoms. The first-order valence-electron chi connectivity index (χ1n) is 8.01. The standard InChI is InChI=1S/C18H22ClN3O3/c1-11(14-5-4-6-16(23-2)17(14)24-3)15-10-25-18(20,22-15)12-7-13(19)9-21-8-12/h4-9,11,15,22H,10,20H2,1-3H3. The van der Waals surface area contributed by atoms with E-state index in [-0.39, 0.29) is 12.0 Å². The van der Waals surface area contributed by atoms with E-state index >= 15 is 0 Å². The van der Waals surface area contributed by atoms with Gasteiger partial charge < -0.3 is 14.2 Å². The lowest BCUT2D eigenvalue weighted by molar-refractivity contribution is -0.00936. The quantitative estimate of drug-likeness (QED) is 0.850. The summed E-state index contributed by atoms with van der Waals surface area (Å²) < 4.78 is 16.8. The summed E-state index contributed by atoms with van der Waals surface area (Å²) in [5.41, 5.74) is 8.11. The fourth-order valence-electron chi connectivity index (χ4n) is 3.12. The molecule has 1 aromatic carbocycles. The number of aromatic nitrogens is 1. The average Bonchev–Trinajstić information content (AvgIpc) is 3.04. The fourth-order valence-corrected chi connectivity index (χ4v) is 3.29. The molecule has 134 valence electrons. The van der Waals surface area contributed by atoms with Crippen molar-refractivity contribution in [3.63, 3.8) is 0 Å². The molecule has 1 aliphatic heterocycles. The molecule has 25 heavy (non-hydrogen) atoms. The van der Waals surface area contributed by atoms with Crippen molar-refractivity contribution in [3.8, 4) is 11.5 Å². The Labute approximate surface area is 152 Å². The van der Waals surface area contributed by atoms with E-state index in [9.17, 15) is 0 Å². The number of nitrogens with zero attached hydrogens (tertiary/aromatic N) is 1. The maximum absolute atomic E-state index is 6.39. The molecular weight excluding hydrogens is 342 g/mol. The molecule has 0 aliphatic carbocycles. The summed E-state index contributed by atoms with van der Waals surface area (Å²) >= 11 is 6.02. The van der Waals surface area contributed by atoms with E-state index in [1.807, 2.05) is 18.2 Å². The Morgan fingerprint density at radius 2 is 2.16 bits per heavy atom. The average molecular weight is 364 g/mol. The first kappa shape index (κ1) is 17.9. The van der Waals surface area contributed by atoms with E-state index in [4.69, 9.17) is 31.5 Å². The van der Waals surface area contributed by atoms with Crippen LogP contribution >= 0.6 is 11.6 Å². The second-order valence-corrected chi connectivity index (χ2v) is 6.50. The second-order valence-electron chi connectivity index (χ2n) is 6.06. The van der Waals surface area contributed by atoms with E-state index < -0.39 is 5.85 Å². The summed E-state index contributed by atoms with van der Waals surface area (Å²) in [4.78, 5) is 4.08. The Bertz CT molecular complexity index is 758.